The molecule has 26 heavy (non-hydrogen) atoms. The molecular weight excluding hydrogens is 314 g/mol. The third-order valence-corrected chi connectivity index (χ3v) is 6.61. The lowest BCUT2D eigenvalue weighted by Crippen LogP contribution is -2.19. The van der Waals surface area contributed by atoms with E-state index in [1.807, 2.05) is 0 Å². The topological polar surface area (TPSA) is 23.9 Å². The highest BCUT2D eigenvalue weighted by atomic mass is 14.5. The van der Waals surface area contributed by atoms with Crippen LogP contribution in [0.5, 0.6) is 0 Å². The number of fused-ring (bicyclic) bond motifs is 1. The summed E-state index contributed by atoms with van der Waals surface area (Å²) in [4.78, 5) is 0. The Hall–Kier alpha value is -2.15. The normalized spacial score (nSPS) is 18.9. The predicted octanol–water partition coefficient (Wildman–Crippen LogP) is 7.30. The standard InChI is InChI=1S/C25H29N/c1-16-13-22(18(3)17(16)2)23-14-20-11-7-8-12-21(20)15-24(23)25(26)19-9-5-4-6-10-19/h7-8,11-12,14-15,19,26H,4-6,9-10,13H2,1-3H3. The molecule has 0 unspecified atom stereocenters. The van der Waals surface area contributed by atoms with E-state index in [2.05, 4.69) is 57.2 Å². The van der Waals surface area contributed by atoms with Crippen LogP contribution in [-0.4, -0.2) is 5.71 Å². The molecule has 2 aliphatic rings. The molecule has 1 N–H and O–H groups in total. The van der Waals surface area contributed by atoms with E-state index in [0.717, 1.165) is 12.1 Å². The summed E-state index contributed by atoms with van der Waals surface area (Å²) in [5, 5.41) is 11.6. The van der Waals surface area contributed by atoms with Gasteiger partial charge in [0.2, 0.25) is 0 Å². The molecule has 0 amide bonds. The van der Waals surface area contributed by atoms with E-state index < -0.39 is 0 Å². The van der Waals surface area contributed by atoms with Gasteiger partial charge in [-0.05, 0) is 85.2 Å². The van der Waals surface area contributed by atoms with Crippen molar-refractivity contribution in [2.45, 2.75) is 59.3 Å². The van der Waals surface area contributed by atoms with Crippen molar-refractivity contribution in [3.8, 4) is 0 Å². The number of hydrogen-bond donors (Lipinski definition) is 1. The van der Waals surface area contributed by atoms with Gasteiger partial charge < -0.3 is 5.41 Å². The average molecular weight is 344 g/mol. The van der Waals surface area contributed by atoms with Crippen molar-refractivity contribution in [3.05, 3.63) is 64.2 Å². The summed E-state index contributed by atoms with van der Waals surface area (Å²) in [5.41, 5.74) is 9.09. The van der Waals surface area contributed by atoms with E-state index >= 15 is 0 Å². The van der Waals surface area contributed by atoms with Gasteiger partial charge in [-0.25, -0.2) is 0 Å². The van der Waals surface area contributed by atoms with Crippen LogP contribution in [0.15, 0.2) is 53.1 Å². The summed E-state index contributed by atoms with van der Waals surface area (Å²) < 4.78 is 0. The molecule has 0 heterocycles. The van der Waals surface area contributed by atoms with Crippen molar-refractivity contribution >= 4 is 22.1 Å². The number of rotatable bonds is 3. The van der Waals surface area contributed by atoms with E-state index in [0.29, 0.717) is 5.92 Å². The maximum absolute atomic E-state index is 9.03. The first-order chi connectivity index (χ1) is 12.6. The molecule has 1 nitrogen and oxygen atoms in total. The lowest BCUT2D eigenvalue weighted by molar-refractivity contribution is 0.438. The van der Waals surface area contributed by atoms with Crippen LogP contribution in [0.1, 0.15) is 70.4 Å². The Bertz CT molecular complexity index is 936. The molecule has 0 atom stereocenters. The molecule has 2 aromatic rings. The number of nitrogens with one attached hydrogen (secondary N) is 1. The van der Waals surface area contributed by atoms with Crippen LogP contribution in [-0.2, 0) is 0 Å². The van der Waals surface area contributed by atoms with Crippen molar-refractivity contribution in [1.29, 1.82) is 5.41 Å². The molecule has 0 bridgehead atoms. The molecule has 134 valence electrons. The third kappa shape index (κ3) is 2.94. The van der Waals surface area contributed by atoms with Gasteiger partial charge in [0.1, 0.15) is 0 Å². The van der Waals surface area contributed by atoms with Crippen molar-refractivity contribution < 1.29 is 0 Å². The van der Waals surface area contributed by atoms with E-state index in [4.69, 9.17) is 5.41 Å². The van der Waals surface area contributed by atoms with Gasteiger partial charge in [-0.3, -0.25) is 0 Å². The van der Waals surface area contributed by atoms with Crippen LogP contribution < -0.4 is 0 Å². The first-order valence-corrected chi connectivity index (χ1v) is 10.0. The molecule has 1 saturated carbocycles. The first-order valence-electron chi connectivity index (χ1n) is 10.0. The second kappa shape index (κ2) is 6.87. The smallest absolute Gasteiger partial charge is 0.0423 e. The van der Waals surface area contributed by atoms with E-state index in [9.17, 15) is 0 Å². The van der Waals surface area contributed by atoms with Gasteiger partial charge in [0.05, 0.1) is 0 Å². The van der Waals surface area contributed by atoms with Gasteiger partial charge in [0.25, 0.3) is 0 Å². The minimum atomic E-state index is 0.432. The zero-order valence-electron chi connectivity index (χ0n) is 16.3. The predicted molar refractivity (Wildman–Crippen MR) is 113 cm³/mol. The fraction of sp³-hybridized carbons (Fsp3) is 0.400. The van der Waals surface area contributed by atoms with Crippen LogP contribution in [0.3, 0.4) is 0 Å². The SMILES string of the molecule is CC1=C(C)C(C)=C(c2cc3ccccc3cc2C(=N)C2CCCCC2)C1. The van der Waals surface area contributed by atoms with Crippen LogP contribution in [0.25, 0.3) is 16.3 Å². The molecule has 4 rings (SSSR count). The Morgan fingerprint density at radius 3 is 2.15 bits per heavy atom. The van der Waals surface area contributed by atoms with Crippen LogP contribution in [0, 0.1) is 11.3 Å². The molecule has 2 aromatic carbocycles. The summed E-state index contributed by atoms with van der Waals surface area (Å²) in [6.07, 6.45) is 7.27. The fourth-order valence-electron chi connectivity index (χ4n) is 4.70. The zero-order chi connectivity index (χ0) is 18.3. The molecule has 1 fully saturated rings. The van der Waals surface area contributed by atoms with Gasteiger partial charge in [-0.2, -0.15) is 0 Å². The van der Waals surface area contributed by atoms with Crippen molar-refractivity contribution in [1.82, 2.24) is 0 Å². The number of benzene rings is 2. The van der Waals surface area contributed by atoms with Crippen LogP contribution >= 0.6 is 0 Å². The van der Waals surface area contributed by atoms with Gasteiger partial charge in [-0.1, -0.05) is 49.1 Å². The first kappa shape index (κ1) is 17.3. The monoisotopic (exact) mass is 343 g/mol. The molecule has 1 heteroatoms. The molecule has 0 aliphatic heterocycles. The van der Waals surface area contributed by atoms with Gasteiger partial charge in [-0.15, -0.1) is 0 Å². The second-order valence-electron chi connectivity index (χ2n) is 8.18. The van der Waals surface area contributed by atoms with Crippen molar-refractivity contribution in [2.75, 3.05) is 0 Å². The Morgan fingerprint density at radius 1 is 0.885 bits per heavy atom. The largest absolute Gasteiger partial charge is 0.304 e. The minimum Gasteiger partial charge on any atom is -0.304 e. The van der Waals surface area contributed by atoms with E-state index in [1.54, 1.807) is 0 Å². The lowest BCUT2D eigenvalue weighted by Gasteiger charge is -2.25. The van der Waals surface area contributed by atoms with Gasteiger partial charge >= 0.3 is 0 Å². The summed E-state index contributed by atoms with van der Waals surface area (Å²) in [6, 6.07) is 13.2. The quantitative estimate of drug-likeness (QED) is 0.565. The van der Waals surface area contributed by atoms with Gasteiger partial charge in [0, 0.05) is 17.2 Å². The molecule has 0 spiro atoms. The molecular formula is C25H29N. The molecule has 0 aromatic heterocycles. The van der Waals surface area contributed by atoms with E-state index in [-0.39, 0.29) is 0 Å². The third-order valence-electron chi connectivity index (χ3n) is 6.61. The van der Waals surface area contributed by atoms with Crippen molar-refractivity contribution in [2.24, 2.45) is 5.92 Å². The summed E-state index contributed by atoms with van der Waals surface area (Å²) in [7, 11) is 0. The van der Waals surface area contributed by atoms with Crippen molar-refractivity contribution in [3.63, 3.8) is 0 Å². The second-order valence-corrected chi connectivity index (χ2v) is 8.18. The Labute approximate surface area is 157 Å². The fourth-order valence-corrected chi connectivity index (χ4v) is 4.70. The lowest BCUT2D eigenvalue weighted by atomic mass is 9.80. The average Bonchev–Trinajstić information content (AvgIpc) is 2.94. The number of allylic oxidation sites excluding steroid dienone is 4. The molecule has 0 radical (unpaired) electrons. The zero-order valence-corrected chi connectivity index (χ0v) is 16.3. The van der Waals surface area contributed by atoms with E-state index in [1.165, 1.54) is 76.3 Å². The van der Waals surface area contributed by atoms with Crippen LogP contribution in [0.4, 0.5) is 0 Å². The highest BCUT2D eigenvalue weighted by Gasteiger charge is 2.25. The maximum Gasteiger partial charge on any atom is 0.0423 e. The molecule has 2 aliphatic carbocycles. The maximum atomic E-state index is 9.03. The van der Waals surface area contributed by atoms with Gasteiger partial charge in [0.15, 0.2) is 0 Å². The van der Waals surface area contributed by atoms with Crippen LogP contribution in [0.2, 0.25) is 0 Å². The summed E-state index contributed by atoms with van der Waals surface area (Å²) >= 11 is 0. The Morgan fingerprint density at radius 2 is 1.54 bits per heavy atom. The minimum absolute atomic E-state index is 0.432. The highest BCUT2D eigenvalue weighted by Crippen LogP contribution is 2.41. The summed E-state index contributed by atoms with van der Waals surface area (Å²) in [6.45, 7) is 6.74. The number of hydrogen-bond acceptors (Lipinski definition) is 1. The Kier molecular flexibility index (Phi) is 4.56. The molecule has 0 saturated heterocycles. The Balaban J connectivity index is 1.86. The summed E-state index contributed by atoms with van der Waals surface area (Å²) in [5.74, 6) is 0.432. The highest BCUT2D eigenvalue weighted by molar-refractivity contribution is 6.08.